The number of amides is 1. The molecule has 0 spiro atoms. The molecular formula is C19H18N6O3S. The number of hydrogen-bond donors (Lipinski definition) is 1. The normalized spacial score (nSPS) is 10.6. The second-order valence-corrected chi connectivity index (χ2v) is 7.15. The Balaban J connectivity index is 1.58. The maximum absolute atomic E-state index is 12.2. The van der Waals surface area contributed by atoms with Crippen LogP contribution in [0.4, 0.5) is 5.69 Å². The molecule has 29 heavy (non-hydrogen) atoms. The van der Waals surface area contributed by atoms with Crippen molar-refractivity contribution in [2.75, 3.05) is 11.9 Å². The third-order valence-electron chi connectivity index (χ3n) is 4.31. The molecule has 1 amide bonds. The van der Waals surface area contributed by atoms with Crippen LogP contribution in [0.2, 0.25) is 0 Å². The molecule has 3 rings (SSSR count). The van der Waals surface area contributed by atoms with Crippen molar-refractivity contribution in [1.82, 2.24) is 19.6 Å². The molecule has 1 N–H and O–H groups in total. The number of nitriles is 1. The smallest absolute Gasteiger partial charge is 0.310 e. The zero-order valence-electron chi connectivity index (χ0n) is 16.1. The molecule has 0 saturated heterocycles. The average Bonchev–Trinajstić information content (AvgIpc) is 3.14. The maximum atomic E-state index is 12.2. The molecule has 0 aliphatic rings. The molecule has 0 saturated carbocycles. The third kappa shape index (κ3) is 4.70. The van der Waals surface area contributed by atoms with Gasteiger partial charge in [-0.05, 0) is 56.3 Å². The first-order valence-electron chi connectivity index (χ1n) is 8.67. The molecule has 0 unspecified atom stereocenters. The van der Waals surface area contributed by atoms with Gasteiger partial charge in [-0.1, -0.05) is 0 Å². The fourth-order valence-electron chi connectivity index (χ4n) is 2.83. The van der Waals surface area contributed by atoms with E-state index in [0.717, 1.165) is 27.9 Å². The highest BCUT2D eigenvalue weighted by atomic mass is 32.2. The lowest BCUT2D eigenvalue weighted by Crippen LogP contribution is -2.22. The van der Waals surface area contributed by atoms with Gasteiger partial charge in [0, 0.05) is 27.5 Å². The van der Waals surface area contributed by atoms with Crippen LogP contribution in [-0.2, 0) is 20.7 Å². The lowest BCUT2D eigenvalue weighted by Gasteiger charge is -2.11. The van der Waals surface area contributed by atoms with E-state index in [2.05, 4.69) is 20.4 Å². The van der Waals surface area contributed by atoms with Gasteiger partial charge in [-0.25, -0.2) is 9.50 Å². The van der Waals surface area contributed by atoms with Crippen molar-refractivity contribution in [3.8, 4) is 5.40 Å². The lowest BCUT2D eigenvalue weighted by atomic mass is 10.1. The Morgan fingerprint density at radius 3 is 2.83 bits per heavy atom. The number of aromatic nitrogens is 4. The number of thiocyanates is 1. The summed E-state index contributed by atoms with van der Waals surface area (Å²) in [5.74, 6) is -0.517. The number of esters is 1. The summed E-state index contributed by atoms with van der Waals surface area (Å²) in [5.41, 5.74) is 3.51. The van der Waals surface area contributed by atoms with Gasteiger partial charge in [0.1, 0.15) is 11.7 Å². The van der Waals surface area contributed by atoms with Gasteiger partial charge in [0.15, 0.2) is 6.61 Å². The van der Waals surface area contributed by atoms with Crippen molar-refractivity contribution in [3.63, 3.8) is 0 Å². The number of aryl methyl sites for hydroxylation is 3. The molecule has 0 aliphatic carbocycles. The second kappa shape index (κ2) is 8.70. The lowest BCUT2D eigenvalue weighted by molar-refractivity contribution is -0.146. The molecule has 0 aliphatic heterocycles. The molecular weight excluding hydrogens is 392 g/mol. The van der Waals surface area contributed by atoms with Crippen molar-refractivity contribution in [1.29, 1.82) is 5.26 Å². The Bertz CT molecular complexity index is 1130. The monoisotopic (exact) mass is 410 g/mol. The van der Waals surface area contributed by atoms with Gasteiger partial charge >= 0.3 is 5.97 Å². The number of thioether (sulfide) groups is 1. The van der Waals surface area contributed by atoms with E-state index >= 15 is 0 Å². The van der Waals surface area contributed by atoms with Gasteiger partial charge in [0.25, 0.3) is 11.7 Å². The summed E-state index contributed by atoms with van der Waals surface area (Å²) in [4.78, 5) is 33.5. The molecule has 2 aromatic heterocycles. The number of carbonyl (C=O) groups excluding carboxylic acids is 2. The van der Waals surface area contributed by atoms with Gasteiger partial charge in [-0.3, -0.25) is 9.59 Å². The summed E-state index contributed by atoms with van der Waals surface area (Å²) in [7, 11) is 0. The Morgan fingerprint density at radius 1 is 1.31 bits per heavy atom. The number of benzene rings is 1. The fraction of sp³-hybridized carbons (Fsp3) is 0.263. The van der Waals surface area contributed by atoms with Gasteiger partial charge in [-0.2, -0.15) is 15.3 Å². The fourth-order valence-corrected chi connectivity index (χ4v) is 3.31. The van der Waals surface area contributed by atoms with Crippen LogP contribution in [0.25, 0.3) is 5.78 Å². The van der Waals surface area contributed by atoms with Crippen molar-refractivity contribution < 1.29 is 14.3 Å². The van der Waals surface area contributed by atoms with E-state index in [1.165, 1.54) is 6.33 Å². The van der Waals surface area contributed by atoms with Crippen LogP contribution in [0, 0.1) is 31.4 Å². The summed E-state index contributed by atoms with van der Waals surface area (Å²) >= 11 is 1.04. The van der Waals surface area contributed by atoms with Crippen LogP contribution in [0.3, 0.4) is 0 Å². The van der Waals surface area contributed by atoms with Crippen LogP contribution in [0.1, 0.15) is 22.5 Å². The van der Waals surface area contributed by atoms with Gasteiger partial charge in [-0.15, -0.1) is 0 Å². The van der Waals surface area contributed by atoms with Crippen molar-refractivity contribution in [3.05, 3.63) is 47.0 Å². The number of hydrogen-bond acceptors (Lipinski definition) is 8. The quantitative estimate of drug-likeness (QED) is 0.373. The largest absolute Gasteiger partial charge is 0.455 e. The van der Waals surface area contributed by atoms with Crippen molar-refractivity contribution in [2.45, 2.75) is 32.1 Å². The molecule has 0 fully saturated rings. The summed E-state index contributed by atoms with van der Waals surface area (Å²) < 4.78 is 6.67. The van der Waals surface area contributed by atoms with Crippen LogP contribution in [-0.4, -0.2) is 38.1 Å². The second-order valence-electron chi connectivity index (χ2n) is 6.29. The van der Waals surface area contributed by atoms with Crippen LogP contribution >= 0.6 is 11.8 Å². The topological polar surface area (TPSA) is 122 Å². The molecule has 148 valence electrons. The highest BCUT2D eigenvalue weighted by molar-refractivity contribution is 8.03. The Morgan fingerprint density at radius 2 is 2.10 bits per heavy atom. The first kappa shape index (κ1) is 20.3. The molecule has 0 atom stereocenters. The number of carbonyl (C=O) groups is 2. The number of fused-ring (bicyclic) bond motifs is 1. The minimum absolute atomic E-state index is 0.0210. The van der Waals surface area contributed by atoms with E-state index < -0.39 is 18.5 Å². The minimum atomic E-state index is -0.537. The van der Waals surface area contributed by atoms with E-state index in [1.54, 1.807) is 29.6 Å². The van der Waals surface area contributed by atoms with Gasteiger partial charge < -0.3 is 10.1 Å². The number of rotatable bonds is 6. The highest BCUT2D eigenvalue weighted by Gasteiger charge is 2.16. The van der Waals surface area contributed by atoms with Crippen LogP contribution in [0.15, 0.2) is 29.4 Å². The molecule has 0 bridgehead atoms. The molecule has 10 heteroatoms. The van der Waals surface area contributed by atoms with Crippen molar-refractivity contribution in [2.24, 2.45) is 0 Å². The van der Waals surface area contributed by atoms with Gasteiger partial charge in [0.05, 0.1) is 6.42 Å². The maximum Gasteiger partial charge on any atom is 0.310 e. The summed E-state index contributed by atoms with van der Waals surface area (Å²) in [6.45, 7) is 5.03. The summed E-state index contributed by atoms with van der Waals surface area (Å²) in [6.07, 6.45) is 1.38. The number of nitrogens with one attached hydrogen (secondary N) is 1. The molecule has 0 radical (unpaired) electrons. The van der Waals surface area contributed by atoms with E-state index in [0.29, 0.717) is 22.7 Å². The van der Waals surface area contributed by atoms with E-state index in [9.17, 15) is 9.59 Å². The predicted octanol–water partition coefficient (Wildman–Crippen LogP) is 2.35. The number of ether oxygens (including phenoxy) is 1. The Hall–Kier alpha value is -3.45. The molecule has 9 nitrogen and oxygen atoms in total. The Kier molecular flexibility index (Phi) is 6.09. The Labute approximate surface area is 171 Å². The van der Waals surface area contributed by atoms with Crippen molar-refractivity contribution >= 4 is 35.1 Å². The number of anilines is 1. The van der Waals surface area contributed by atoms with E-state index in [1.807, 2.05) is 19.2 Å². The van der Waals surface area contributed by atoms with Gasteiger partial charge in [0.2, 0.25) is 0 Å². The average molecular weight is 410 g/mol. The SMILES string of the molecule is Cc1cc(SC#N)ccc1NC(=O)COC(=O)Cc1c(C)nc2ncnn2c1C. The molecule has 2 heterocycles. The molecule has 3 aromatic rings. The zero-order valence-corrected chi connectivity index (χ0v) is 16.9. The minimum Gasteiger partial charge on any atom is -0.455 e. The predicted molar refractivity (Wildman–Crippen MR) is 106 cm³/mol. The number of nitrogens with zero attached hydrogens (tertiary/aromatic N) is 5. The summed E-state index contributed by atoms with van der Waals surface area (Å²) in [6, 6.07) is 5.25. The third-order valence-corrected chi connectivity index (χ3v) is 4.89. The standard InChI is InChI=1S/C19H18N6O3S/c1-11-6-14(29-9-20)4-5-16(11)24-17(26)8-28-18(27)7-15-12(2)23-19-21-10-22-25(19)13(15)3/h4-6,10H,7-8H2,1-3H3,(H,24,26). The molecule has 1 aromatic carbocycles. The first-order chi connectivity index (χ1) is 13.9. The van der Waals surface area contributed by atoms with Crippen LogP contribution in [0.5, 0.6) is 0 Å². The van der Waals surface area contributed by atoms with E-state index in [4.69, 9.17) is 10.00 Å². The highest BCUT2D eigenvalue weighted by Crippen LogP contribution is 2.23. The van der Waals surface area contributed by atoms with Crippen LogP contribution < -0.4 is 5.32 Å². The zero-order chi connectivity index (χ0) is 21.0. The first-order valence-corrected chi connectivity index (χ1v) is 9.48. The van der Waals surface area contributed by atoms with E-state index in [-0.39, 0.29) is 6.42 Å². The summed E-state index contributed by atoms with van der Waals surface area (Å²) in [5, 5.41) is 17.5.